The van der Waals surface area contributed by atoms with E-state index >= 15 is 0 Å². The summed E-state index contributed by atoms with van der Waals surface area (Å²) in [5, 5.41) is 0. The minimum absolute atomic E-state index is 0.0402. The molecule has 0 radical (unpaired) electrons. The topological polar surface area (TPSA) is 57.2 Å². The van der Waals surface area contributed by atoms with Crippen molar-refractivity contribution < 1.29 is 23.7 Å². The largest absolute Gasteiger partial charge is 0.466 e. The van der Waals surface area contributed by atoms with Crippen molar-refractivity contribution in [3.8, 4) is 0 Å². The van der Waals surface area contributed by atoms with E-state index < -0.39 is 0 Å². The number of ether oxygens (including phenoxy) is 4. The van der Waals surface area contributed by atoms with Crippen molar-refractivity contribution in [2.24, 2.45) is 5.92 Å². The predicted molar refractivity (Wildman–Crippen MR) is 79.3 cm³/mol. The van der Waals surface area contributed by atoms with Gasteiger partial charge in [-0.2, -0.15) is 0 Å². The molecule has 1 heterocycles. The third kappa shape index (κ3) is 8.36. The van der Waals surface area contributed by atoms with Crippen LogP contribution in [0.25, 0.3) is 0 Å². The molecule has 1 aliphatic rings. The van der Waals surface area contributed by atoms with Crippen LogP contribution in [0.4, 0.5) is 0 Å². The van der Waals surface area contributed by atoms with E-state index in [1.165, 1.54) is 0 Å². The van der Waals surface area contributed by atoms with Gasteiger partial charge >= 0.3 is 5.97 Å². The number of carbonyl (C=O) groups excluding carboxylic acids is 1. The maximum Gasteiger partial charge on any atom is 0.309 e. The molecule has 0 aromatic heterocycles. The molecule has 0 aliphatic carbocycles. The van der Waals surface area contributed by atoms with Crippen molar-refractivity contribution in [1.29, 1.82) is 0 Å². The molecule has 1 fully saturated rings. The monoisotopic (exact) mass is 303 g/mol. The Hall–Kier alpha value is -0.690. The molecule has 1 aliphatic heterocycles. The molecule has 0 unspecified atom stereocenters. The van der Waals surface area contributed by atoms with Crippen molar-refractivity contribution in [2.45, 2.75) is 19.8 Å². The van der Waals surface area contributed by atoms with E-state index in [0.29, 0.717) is 39.6 Å². The number of methoxy groups -OCH3 is 1. The lowest BCUT2D eigenvalue weighted by Gasteiger charge is -2.30. The summed E-state index contributed by atoms with van der Waals surface area (Å²) < 4.78 is 20.8. The molecule has 21 heavy (non-hydrogen) atoms. The second-order valence-corrected chi connectivity index (χ2v) is 5.09. The van der Waals surface area contributed by atoms with Gasteiger partial charge in [-0.15, -0.1) is 0 Å². The van der Waals surface area contributed by atoms with Gasteiger partial charge in [-0.05, 0) is 32.9 Å². The van der Waals surface area contributed by atoms with Gasteiger partial charge in [-0.3, -0.25) is 4.79 Å². The standard InChI is InChI=1S/C15H29NO5/c1-3-21-15(17)14-4-6-16(7-5-14)8-9-19-12-13-20-11-10-18-2/h14H,3-13H2,1-2H3. The summed E-state index contributed by atoms with van der Waals surface area (Å²) in [4.78, 5) is 14.0. The lowest BCUT2D eigenvalue weighted by molar-refractivity contribution is -0.149. The number of hydrogen-bond donors (Lipinski definition) is 0. The first-order valence-electron chi connectivity index (χ1n) is 7.81. The van der Waals surface area contributed by atoms with Crippen LogP contribution in [0.2, 0.25) is 0 Å². The molecule has 1 rings (SSSR count). The molecule has 0 aromatic rings. The van der Waals surface area contributed by atoms with E-state index in [1.54, 1.807) is 7.11 Å². The van der Waals surface area contributed by atoms with Crippen LogP contribution in [0.15, 0.2) is 0 Å². The fourth-order valence-electron chi connectivity index (χ4n) is 2.31. The predicted octanol–water partition coefficient (Wildman–Crippen LogP) is 0.941. The molecule has 0 aromatic carbocycles. The molecule has 6 heteroatoms. The number of rotatable bonds is 11. The summed E-state index contributed by atoms with van der Waals surface area (Å²) in [6, 6.07) is 0. The first-order chi connectivity index (χ1) is 10.3. The zero-order valence-electron chi connectivity index (χ0n) is 13.3. The van der Waals surface area contributed by atoms with Gasteiger partial charge in [0.15, 0.2) is 0 Å². The number of piperidine rings is 1. The molecular formula is C15H29NO5. The zero-order chi connectivity index (χ0) is 15.3. The number of nitrogens with zero attached hydrogens (tertiary/aromatic N) is 1. The highest BCUT2D eigenvalue weighted by atomic mass is 16.5. The third-order valence-corrected chi connectivity index (χ3v) is 3.56. The quantitative estimate of drug-likeness (QED) is 0.418. The van der Waals surface area contributed by atoms with Crippen LogP contribution in [-0.4, -0.2) is 77.3 Å². The number of hydrogen-bond acceptors (Lipinski definition) is 6. The molecule has 6 nitrogen and oxygen atoms in total. The molecule has 1 saturated heterocycles. The van der Waals surface area contributed by atoms with Crippen molar-refractivity contribution in [2.75, 3.05) is 66.4 Å². The Balaban J connectivity index is 1.95. The molecule has 0 spiro atoms. The summed E-state index contributed by atoms with van der Waals surface area (Å²) >= 11 is 0. The zero-order valence-corrected chi connectivity index (χ0v) is 13.3. The Morgan fingerprint density at radius 1 is 1.05 bits per heavy atom. The van der Waals surface area contributed by atoms with Gasteiger partial charge in [0.2, 0.25) is 0 Å². The van der Waals surface area contributed by atoms with E-state index in [2.05, 4.69) is 4.90 Å². The van der Waals surface area contributed by atoms with E-state index in [-0.39, 0.29) is 11.9 Å². The second kappa shape index (κ2) is 11.9. The van der Waals surface area contributed by atoms with Crippen molar-refractivity contribution >= 4 is 5.97 Å². The first-order valence-corrected chi connectivity index (χ1v) is 7.81. The SMILES string of the molecule is CCOC(=O)C1CCN(CCOCCOCCOC)CC1. The van der Waals surface area contributed by atoms with E-state index in [1.807, 2.05) is 6.92 Å². The Kier molecular flexibility index (Phi) is 10.4. The molecule has 0 saturated carbocycles. The van der Waals surface area contributed by atoms with Gasteiger partial charge < -0.3 is 23.8 Å². The lowest BCUT2D eigenvalue weighted by atomic mass is 9.97. The van der Waals surface area contributed by atoms with Gasteiger partial charge in [0.05, 0.1) is 45.6 Å². The molecular weight excluding hydrogens is 274 g/mol. The molecule has 124 valence electrons. The average molecular weight is 303 g/mol. The van der Waals surface area contributed by atoms with Crippen LogP contribution in [0, 0.1) is 5.92 Å². The Labute approximate surface area is 127 Å². The van der Waals surface area contributed by atoms with Crippen LogP contribution in [0.3, 0.4) is 0 Å². The van der Waals surface area contributed by atoms with Crippen LogP contribution in [-0.2, 0) is 23.7 Å². The lowest BCUT2D eigenvalue weighted by Crippen LogP contribution is -2.38. The van der Waals surface area contributed by atoms with Gasteiger partial charge in [0.1, 0.15) is 0 Å². The van der Waals surface area contributed by atoms with Crippen LogP contribution in [0.1, 0.15) is 19.8 Å². The number of likely N-dealkylation sites (tertiary alicyclic amines) is 1. The number of carbonyl (C=O) groups is 1. The second-order valence-electron chi connectivity index (χ2n) is 5.09. The van der Waals surface area contributed by atoms with E-state index in [9.17, 15) is 4.79 Å². The summed E-state index contributed by atoms with van der Waals surface area (Å²) in [5.74, 6) is 0.0397. The molecule has 0 amide bonds. The minimum atomic E-state index is -0.0402. The molecule has 0 bridgehead atoms. The fourth-order valence-corrected chi connectivity index (χ4v) is 2.31. The molecule has 0 N–H and O–H groups in total. The Morgan fingerprint density at radius 3 is 2.29 bits per heavy atom. The normalized spacial score (nSPS) is 17.0. The highest BCUT2D eigenvalue weighted by molar-refractivity contribution is 5.72. The van der Waals surface area contributed by atoms with Crippen molar-refractivity contribution in [3.05, 3.63) is 0 Å². The van der Waals surface area contributed by atoms with Crippen LogP contribution >= 0.6 is 0 Å². The molecule has 0 atom stereocenters. The third-order valence-electron chi connectivity index (χ3n) is 3.56. The van der Waals surface area contributed by atoms with Gasteiger partial charge in [0, 0.05) is 13.7 Å². The smallest absolute Gasteiger partial charge is 0.309 e. The van der Waals surface area contributed by atoms with Crippen LogP contribution < -0.4 is 0 Å². The average Bonchev–Trinajstić information content (AvgIpc) is 2.51. The fraction of sp³-hybridized carbons (Fsp3) is 0.933. The highest BCUT2D eigenvalue weighted by Crippen LogP contribution is 2.18. The first kappa shape index (κ1) is 18.4. The van der Waals surface area contributed by atoms with Gasteiger partial charge in [-0.25, -0.2) is 0 Å². The van der Waals surface area contributed by atoms with Crippen LogP contribution in [0.5, 0.6) is 0 Å². The minimum Gasteiger partial charge on any atom is -0.466 e. The summed E-state index contributed by atoms with van der Waals surface area (Å²) in [5.41, 5.74) is 0. The summed E-state index contributed by atoms with van der Waals surface area (Å²) in [6.07, 6.45) is 1.78. The summed E-state index contributed by atoms with van der Waals surface area (Å²) in [6.45, 7) is 8.27. The highest BCUT2D eigenvalue weighted by Gasteiger charge is 2.25. The maximum atomic E-state index is 11.6. The van der Waals surface area contributed by atoms with Gasteiger partial charge in [-0.1, -0.05) is 0 Å². The Morgan fingerprint density at radius 2 is 1.67 bits per heavy atom. The van der Waals surface area contributed by atoms with Crippen molar-refractivity contribution in [3.63, 3.8) is 0 Å². The maximum absolute atomic E-state index is 11.6. The summed E-state index contributed by atoms with van der Waals surface area (Å²) in [7, 11) is 1.66. The van der Waals surface area contributed by atoms with E-state index in [4.69, 9.17) is 18.9 Å². The Bertz CT molecular complexity index is 267. The van der Waals surface area contributed by atoms with Crippen molar-refractivity contribution in [1.82, 2.24) is 4.90 Å². The van der Waals surface area contributed by atoms with E-state index in [0.717, 1.165) is 32.5 Å². The van der Waals surface area contributed by atoms with Gasteiger partial charge in [0.25, 0.3) is 0 Å². The number of esters is 1.